The molecule has 0 aliphatic heterocycles. The summed E-state index contributed by atoms with van der Waals surface area (Å²) in [5.74, 6) is -0.358. The van der Waals surface area contributed by atoms with Crippen molar-refractivity contribution >= 4 is 15.9 Å². The fourth-order valence-electron chi connectivity index (χ4n) is 1.79. The lowest BCUT2D eigenvalue weighted by Gasteiger charge is -2.28. The molecule has 0 unspecified atom stereocenters. The molecule has 0 aliphatic rings. The highest BCUT2D eigenvalue weighted by atomic mass is 32.2. The van der Waals surface area contributed by atoms with E-state index in [0.717, 1.165) is 6.26 Å². The van der Waals surface area contributed by atoms with Gasteiger partial charge in [0.25, 0.3) is 0 Å². The lowest BCUT2D eigenvalue weighted by atomic mass is 9.83. The van der Waals surface area contributed by atoms with Gasteiger partial charge in [-0.3, -0.25) is 4.79 Å². The Labute approximate surface area is 115 Å². The molecule has 0 bridgehead atoms. The van der Waals surface area contributed by atoms with Gasteiger partial charge in [-0.25, -0.2) is 13.1 Å². The standard InChI is InChI=1S/C12H23N3O3S/c1-6-12(7-2,8-13)10(16)14-9-11(3,4)15-19(5,17)18/h15H,6-7,9H2,1-5H3,(H,14,16). The zero-order chi connectivity index (χ0) is 15.3. The van der Waals surface area contributed by atoms with E-state index in [-0.39, 0.29) is 12.5 Å². The molecule has 0 aromatic carbocycles. The Kier molecular flexibility index (Phi) is 5.97. The van der Waals surface area contributed by atoms with Crippen molar-refractivity contribution in [3.05, 3.63) is 0 Å². The van der Waals surface area contributed by atoms with Crippen LogP contribution in [0.4, 0.5) is 0 Å². The minimum atomic E-state index is -3.35. The van der Waals surface area contributed by atoms with Gasteiger partial charge in [0.05, 0.1) is 12.3 Å². The van der Waals surface area contributed by atoms with Crippen LogP contribution in [-0.4, -0.2) is 32.7 Å². The van der Waals surface area contributed by atoms with Crippen molar-refractivity contribution < 1.29 is 13.2 Å². The van der Waals surface area contributed by atoms with Crippen LogP contribution in [0, 0.1) is 16.7 Å². The molecular weight excluding hydrogens is 266 g/mol. The van der Waals surface area contributed by atoms with Gasteiger partial charge in [-0.2, -0.15) is 5.26 Å². The summed E-state index contributed by atoms with van der Waals surface area (Å²) in [4.78, 5) is 12.1. The zero-order valence-electron chi connectivity index (χ0n) is 12.2. The number of carbonyl (C=O) groups is 1. The summed E-state index contributed by atoms with van der Waals surface area (Å²) in [6.07, 6.45) is 1.91. The third-order valence-corrected chi connectivity index (χ3v) is 3.93. The van der Waals surface area contributed by atoms with Crippen molar-refractivity contribution in [2.24, 2.45) is 5.41 Å². The predicted octanol–water partition coefficient (Wildman–Crippen LogP) is 0.760. The van der Waals surface area contributed by atoms with E-state index in [9.17, 15) is 13.2 Å². The number of nitriles is 1. The molecule has 0 aromatic rings. The van der Waals surface area contributed by atoms with E-state index in [1.165, 1.54) is 0 Å². The van der Waals surface area contributed by atoms with Crippen LogP contribution in [0.1, 0.15) is 40.5 Å². The molecule has 0 atom stereocenters. The first-order valence-electron chi connectivity index (χ1n) is 6.20. The molecule has 7 heteroatoms. The Morgan fingerprint density at radius 3 is 2.05 bits per heavy atom. The summed E-state index contributed by atoms with van der Waals surface area (Å²) < 4.78 is 24.8. The Morgan fingerprint density at radius 2 is 1.74 bits per heavy atom. The highest BCUT2D eigenvalue weighted by molar-refractivity contribution is 7.88. The van der Waals surface area contributed by atoms with Crippen LogP contribution in [0.15, 0.2) is 0 Å². The van der Waals surface area contributed by atoms with Gasteiger partial charge < -0.3 is 5.32 Å². The average Bonchev–Trinajstić information content (AvgIpc) is 2.26. The number of sulfonamides is 1. The van der Waals surface area contributed by atoms with Crippen LogP contribution in [0.25, 0.3) is 0 Å². The maximum atomic E-state index is 12.1. The minimum Gasteiger partial charge on any atom is -0.353 e. The van der Waals surface area contributed by atoms with Crippen LogP contribution in [0.3, 0.4) is 0 Å². The summed E-state index contributed by atoms with van der Waals surface area (Å²) in [6.45, 7) is 7.03. The van der Waals surface area contributed by atoms with Crippen LogP contribution in [0.2, 0.25) is 0 Å². The maximum absolute atomic E-state index is 12.1. The van der Waals surface area contributed by atoms with Crippen LogP contribution in [-0.2, 0) is 14.8 Å². The molecule has 0 saturated heterocycles. The van der Waals surface area contributed by atoms with Crippen molar-refractivity contribution in [3.63, 3.8) is 0 Å². The summed E-state index contributed by atoms with van der Waals surface area (Å²) in [5.41, 5.74) is -1.84. The van der Waals surface area contributed by atoms with Crippen molar-refractivity contribution in [1.82, 2.24) is 10.0 Å². The van der Waals surface area contributed by atoms with E-state index in [1.807, 2.05) is 6.07 Å². The smallest absolute Gasteiger partial charge is 0.240 e. The molecule has 110 valence electrons. The molecule has 0 radical (unpaired) electrons. The molecule has 0 heterocycles. The Bertz CT molecular complexity index is 459. The molecule has 0 rings (SSSR count). The number of hydrogen-bond acceptors (Lipinski definition) is 4. The van der Waals surface area contributed by atoms with Gasteiger partial charge in [-0.05, 0) is 26.7 Å². The van der Waals surface area contributed by atoms with Crippen LogP contribution < -0.4 is 10.0 Å². The first-order chi connectivity index (χ1) is 8.52. The minimum absolute atomic E-state index is 0.127. The topological polar surface area (TPSA) is 99.1 Å². The molecule has 2 N–H and O–H groups in total. The number of hydrogen-bond donors (Lipinski definition) is 2. The summed E-state index contributed by atoms with van der Waals surface area (Å²) in [5, 5.41) is 11.8. The Hall–Kier alpha value is -1.13. The normalized spacial score (nSPS) is 12.8. The van der Waals surface area contributed by atoms with Crippen LogP contribution >= 0.6 is 0 Å². The fraction of sp³-hybridized carbons (Fsp3) is 0.833. The first kappa shape index (κ1) is 17.9. The molecule has 0 aromatic heterocycles. The lowest BCUT2D eigenvalue weighted by molar-refractivity contribution is -0.128. The summed E-state index contributed by atoms with van der Waals surface area (Å²) in [6, 6.07) is 2.05. The number of nitrogens with one attached hydrogen (secondary N) is 2. The second-order valence-corrected chi connectivity index (χ2v) is 7.09. The highest BCUT2D eigenvalue weighted by Crippen LogP contribution is 2.25. The largest absolute Gasteiger partial charge is 0.353 e. The van der Waals surface area contributed by atoms with Crippen LogP contribution in [0.5, 0.6) is 0 Å². The van der Waals surface area contributed by atoms with E-state index in [4.69, 9.17) is 5.26 Å². The number of carbonyl (C=O) groups excluding carboxylic acids is 1. The molecule has 0 spiro atoms. The first-order valence-corrected chi connectivity index (χ1v) is 8.09. The monoisotopic (exact) mass is 289 g/mol. The Morgan fingerprint density at radius 1 is 1.26 bits per heavy atom. The third-order valence-electron chi connectivity index (χ3n) is 3.01. The van der Waals surface area contributed by atoms with Gasteiger partial charge in [-0.15, -0.1) is 0 Å². The van der Waals surface area contributed by atoms with Gasteiger partial charge in [0.1, 0.15) is 5.41 Å². The summed E-state index contributed by atoms with van der Waals surface area (Å²) >= 11 is 0. The Balaban J connectivity index is 4.74. The van der Waals surface area contributed by atoms with Gasteiger partial charge in [0.2, 0.25) is 15.9 Å². The molecule has 1 amide bonds. The zero-order valence-corrected chi connectivity index (χ0v) is 13.0. The van der Waals surface area contributed by atoms with E-state index >= 15 is 0 Å². The van der Waals surface area contributed by atoms with E-state index in [2.05, 4.69) is 10.0 Å². The van der Waals surface area contributed by atoms with E-state index < -0.39 is 21.0 Å². The van der Waals surface area contributed by atoms with E-state index in [1.54, 1.807) is 27.7 Å². The molecule has 19 heavy (non-hydrogen) atoms. The molecule has 6 nitrogen and oxygen atoms in total. The quantitative estimate of drug-likeness (QED) is 0.722. The lowest BCUT2D eigenvalue weighted by Crippen LogP contribution is -2.53. The maximum Gasteiger partial charge on any atom is 0.240 e. The average molecular weight is 289 g/mol. The van der Waals surface area contributed by atoms with Crippen molar-refractivity contribution in [2.75, 3.05) is 12.8 Å². The molecule has 0 saturated carbocycles. The molecular formula is C12H23N3O3S. The predicted molar refractivity (Wildman–Crippen MR) is 73.7 cm³/mol. The summed E-state index contributed by atoms with van der Waals surface area (Å²) in [7, 11) is -3.35. The molecule has 0 fully saturated rings. The van der Waals surface area contributed by atoms with Crippen molar-refractivity contribution in [2.45, 2.75) is 46.1 Å². The van der Waals surface area contributed by atoms with E-state index in [0.29, 0.717) is 12.8 Å². The second-order valence-electron chi connectivity index (χ2n) is 5.34. The fourth-order valence-corrected chi connectivity index (χ4v) is 2.86. The highest BCUT2D eigenvalue weighted by Gasteiger charge is 2.36. The van der Waals surface area contributed by atoms with Crippen molar-refractivity contribution in [3.8, 4) is 6.07 Å². The SMILES string of the molecule is CCC(C#N)(CC)C(=O)NCC(C)(C)NS(C)(=O)=O. The van der Waals surface area contributed by atoms with Gasteiger partial charge >= 0.3 is 0 Å². The van der Waals surface area contributed by atoms with Gasteiger partial charge in [-0.1, -0.05) is 13.8 Å². The number of amides is 1. The van der Waals surface area contributed by atoms with Gasteiger partial charge in [0, 0.05) is 12.1 Å². The number of nitrogens with zero attached hydrogens (tertiary/aromatic N) is 1. The third kappa shape index (κ3) is 5.57. The second kappa shape index (κ2) is 6.35. The molecule has 0 aliphatic carbocycles. The number of rotatable bonds is 7. The van der Waals surface area contributed by atoms with Crippen molar-refractivity contribution in [1.29, 1.82) is 5.26 Å². The van der Waals surface area contributed by atoms with Gasteiger partial charge in [0.15, 0.2) is 0 Å².